The van der Waals surface area contributed by atoms with E-state index in [1.54, 1.807) is 0 Å². The molecule has 1 saturated heterocycles. The summed E-state index contributed by atoms with van der Waals surface area (Å²) >= 11 is 3.59. The predicted octanol–water partition coefficient (Wildman–Crippen LogP) is 3.17. The number of rotatable bonds is 5. The number of hydrogen-bond acceptors (Lipinski definition) is 3. The van der Waals surface area contributed by atoms with E-state index in [2.05, 4.69) is 70.1 Å². The van der Waals surface area contributed by atoms with Crippen LogP contribution in [0.2, 0.25) is 0 Å². The molecule has 2 unspecified atom stereocenters. The van der Waals surface area contributed by atoms with E-state index in [4.69, 9.17) is 0 Å². The quantitative estimate of drug-likeness (QED) is 0.828. The number of piperazine rings is 1. The van der Waals surface area contributed by atoms with Crippen LogP contribution in [-0.4, -0.2) is 61.7 Å². The lowest BCUT2D eigenvalue weighted by atomic mass is 9.88. The fraction of sp³-hybridized carbons (Fsp3) is 0.700. The van der Waals surface area contributed by atoms with Gasteiger partial charge in [0.15, 0.2) is 0 Å². The molecule has 2 atom stereocenters. The van der Waals surface area contributed by atoms with Crippen LogP contribution in [-0.2, 0) is 12.8 Å². The molecular formula is C20H32BrN3. The van der Waals surface area contributed by atoms with E-state index in [-0.39, 0.29) is 0 Å². The normalized spacial score (nSPS) is 24.1. The summed E-state index contributed by atoms with van der Waals surface area (Å²) in [6, 6.07) is 8.07. The van der Waals surface area contributed by atoms with E-state index < -0.39 is 0 Å². The zero-order valence-corrected chi connectivity index (χ0v) is 17.0. The molecule has 1 aliphatic heterocycles. The van der Waals surface area contributed by atoms with Gasteiger partial charge in [0.1, 0.15) is 0 Å². The van der Waals surface area contributed by atoms with Gasteiger partial charge in [-0.2, -0.15) is 0 Å². The van der Waals surface area contributed by atoms with Gasteiger partial charge in [0.25, 0.3) is 0 Å². The highest BCUT2D eigenvalue weighted by atomic mass is 79.9. The summed E-state index contributed by atoms with van der Waals surface area (Å²) in [4.78, 5) is 5.14. The first-order valence-electron chi connectivity index (χ1n) is 9.46. The Morgan fingerprint density at radius 3 is 2.62 bits per heavy atom. The molecule has 0 radical (unpaired) electrons. The molecule has 0 amide bonds. The Balaban J connectivity index is 1.54. The third-order valence-corrected chi connectivity index (χ3v) is 6.28. The van der Waals surface area contributed by atoms with Crippen molar-refractivity contribution < 1.29 is 0 Å². The van der Waals surface area contributed by atoms with Crippen molar-refractivity contribution in [2.45, 2.75) is 45.2 Å². The minimum atomic E-state index is 0.632. The molecule has 0 saturated carbocycles. The van der Waals surface area contributed by atoms with Gasteiger partial charge < -0.3 is 10.2 Å². The van der Waals surface area contributed by atoms with Crippen LogP contribution in [0.15, 0.2) is 22.7 Å². The summed E-state index contributed by atoms with van der Waals surface area (Å²) < 4.78 is 1.21. The number of nitrogens with zero attached hydrogens (tertiary/aromatic N) is 2. The molecule has 1 fully saturated rings. The van der Waals surface area contributed by atoms with Gasteiger partial charge in [0.05, 0.1) is 0 Å². The first-order valence-corrected chi connectivity index (χ1v) is 10.3. The maximum atomic E-state index is 3.90. The van der Waals surface area contributed by atoms with Crippen molar-refractivity contribution in [1.29, 1.82) is 0 Å². The van der Waals surface area contributed by atoms with Crippen molar-refractivity contribution in [2.75, 3.05) is 39.8 Å². The molecule has 0 aromatic heterocycles. The highest BCUT2D eigenvalue weighted by Gasteiger charge is 2.26. The van der Waals surface area contributed by atoms with E-state index in [0.717, 1.165) is 6.54 Å². The Hall–Kier alpha value is -0.420. The topological polar surface area (TPSA) is 18.5 Å². The molecule has 3 nitrogen and oxygen atoms in total. The van der Waals surface area contributed by atoms with Crippen LogP contribution >= 0.6 is 15.9 Å². The molecule has 134 valence electrons. The van der Waals surface area contributed by atoms with Gasteiger partial charge in [0, 0.05) is 49.3 Å². The summed E-state index contributed by atoms with van der Waals surface area (Å²) in [5.41, 5.74) is 3.06. The molecule has 0 spiro atoms. The Labute approximate surface area is 155 Å². The van der Waals surface area contributed by atoms with Crippen LogP contribution in [0, 0.1) is 5.92 Å². The zero-order valence-electron chi connectivity index (χ0n) is 15.4. The van der Waals surface area contributed by atoms with Crippen LogP contribution in [0.5, 0.6) is 0 Å². The molecule has 1 heterocycles. The monoisotopic (exact) mass is 393 g/mol. The van der Waals surface area contributed by atoms with Crippen molar-refractivity contribution in [3.8, 4) is 0 Å². The molecule has 1 aliphatic carbocycles. The Bertz CT molecular complexity index is 538. The summed E-state index contributed by atoms with van der Waals surface area (Å²) in [5.74, 6) is 0.702. The van der Waals surface area contributed by atoms with Gasteiger partial charge in [-0.3, -0.25) is 4.90 Å². The number of likely N-dealkylation sites (N-methyl/N-ethyl adjacent to an activating group) is 1. The van der Waals surface area contributed by atoms with Gasteiger partial charge in [-0.15, -0.1) is 0 Å². The molecular weight excluding hydrogens is 362 g/mol. The maximum Gasteiger partial charge on any atom is 0.0244 e. The van der Waals surface area contributed by atoms with Crippen LogP contribution in [0.25, 0.3) is 0 Å². The fourth-order valence-corrected chi connectivity index (χ4v) is 4.53. The lowest BCUT2D eigenvalue weighted by Crippen LogP contribution is -2.54. The van der Waals surface area contributed by atoms with Gasteiger partial charge in [-0.25, -0.2) is 0 Å². The summed E-state index contributed by atoms with van der Waals surface area (Å²) in [6.07, 6.45) is 3.64. The highest BCUT2D eigenvalue weighted by molar-refractivity contribution is 9.10. The molecule has 2 aliphatic rings. The lowest BCUT2D eigenvalue weighted by Gasteiger charge is -2.40. The second kappa shape index (κ2) is 8.31. The lowest BCUT2D eigenvalue weighted by molar-refractivity contribution is 0.0857. The van der Waals surface area contributed by atoms with Crippen molar-refractivity contribution in [1.82, 2.24) is 15.1 Å². The molecule has 24 heavy (non-hydrogen) atoms. The van der Waals surface area contributed by atoms with E-state index >= 15 is 0 Å². The molecule has 1 aromatic carbocycles. The van der Waals surface area contributed by atoms with Crippen LogP contribution in [0.1, 0.15) is 31.4 Å². The van der Waals surface area contributed by atoms with Crippen molar-refractivity contribution in [2.24, 2.45) is 5.92 Å². The SMILES string of the molecule is CC(C)C(CNC1CCc2cc(Br)ccc2C1)N1CCN(C)CC1. The third kappa shape index (κ3) is 4.60. The smallest absolute Gasteiger partial charge is 0.0244 e. The fourth-order valence-electron chi connectivity index (χ4n) is 4.13. The average Bonchev–Trinajstić information content (AvgIpc) is 2.56. The number of hydrogen-bond donors (Lipinski definition) is 1. The van der Waals surface area contributed by atoms with Crippen molar-refractivity contribution in [3.05, 3.63) is 33.8 Å². The molecule has 1 N–H and O–H groups in total. The summed E-state index contributed by atoms with van der Waals surface area (Å²) in [6.45, 7) is 10.7. The predicted molar refractivity (Wildman–Crippen MR) is 106 cm³/mol. The molecule has 4 heteroatoms. The number of benzene rings is 1. The second-order valence-corrected chi connectivity index (χ2v) is 8.83. The minimum Gasteiger partial charge on any atom is -0.312 e. The standard InChI is InChI=1S/C20H32BrN3/c1-15(2)20(24-10-8-23(3)9-11-24)14-22-19-7-5-16-12-18(21)6-4-17(16)13-19/h4,6,12,15,19-20,22H,5,7-11,13-14H2,1-3H3. The first kappa shape index (κ1) is 18.4. The number of aryl methyl sites for hydroxylation is 1. The average molecular weight is 394 g/mol. The Morgan fingerprint density at radius 2 is 1.92 bits per heavy atom. The van der Waals surface area contributed by atoms with E-state index in [0.29, 0.717) is 18.0 Å². The number of nitrogens with one attached hydrogen (secondary N) is 1. The van der Waals surface area contributed by atoms with Gasteiger partial charge >= 0.3 is 0 Å². The van der Waals surface area contributed by atoms with Gasteiger partial charge in [-0.1, -0.05) is 35.8 Å². The second-order valence-electron chi connectivity index (χ2n) is 7.91. The minimum absolute atomic E-state index is 0.632. The third-order valence-electron chi connectivity index (χ3n) is 5.79. The number of fused-ring (bicyclic) bond motifs is 1. The molecule has 0 bridgehead atoms. The van der Waals surface area contributed by atoms with Crippen LogP contribution in [0.3, 0.4) is 0 Å². The van der Waals surface area contributed by atoms with E-state index in [1.165, 1.54) is 61.0 Å². The Morgan fingerprint density at radius 1 is 1.17 bits per heavy atom. The summed E-state index contributed by atoms with van der Waals surface area (Å²) in [5, 5.41) is 3.90. The van der Waals surface area contributed by atoms with Gasteiger partial charge in [-0.05, 0) is 55.5 Å². The molecule has 3 rings (SSSR count). The maximum absolute atomic E-state index is 3.90. The highest BCUT2D eigenvalue weighted by Crippen LogP contribution is 2.25. The van der Waals surface area contributed by atoms with E-state index in [1.807, 2.05) is 0 Å². The largest absolute Gasteiger partial charge is 0.312 e. The first-order chi connectivity index (χ1) is 11.5. The number of halogens is 1. The Kier molecular flexibility index (Phi) is 6.36. The van der Waals surface area contributed by atoms with Crippen molar-refractivity contribution >= 4 is 15.9 Å². The van der Waals surface area contributed by atoms with Crippen molar-refractivity contribution in [3.63, 3.8) is 0 Å². The van der Waals surface area contributed by atoms with Crippen LogP contribution in [0.4, 0.5) is 0 Å². The van der Waals surface area contributed by atoms with Crippen LogP contribution < -0.4 is 5.32 Å². The van der Waals surface area contributed by atoms with Gasteiger partial charge in [0.2, 0.25) is 0 Å². The zero-order chi connectivity index (χ0) is 17.1. The summed E-state index contributed by atoms with van der Waals surface area (Å²) in [7, 11) is 2.23. The molecule has 1 aromatic rings. The van der Waals surface area contributed by atoms with E-state index in [9.17, 15) is 0 Å².